The zero-order chi connectivity index (χ0) is 15.9. The van der Waals surface area contributed by atoms with Crippen LogP contribution in [0.3, 0.4) is 0 Å². The highest BCUT2D eigenvalue weighted by Gasteiger charge is 2.57. The lowest BCUT2D eigenvalue weighted by molar-refractivity contribution is -0.0242. The maximum Gasteiger partial charge on any atom is 0.152 e. The third-order valence-electron chi connectivity index (χ3n) is 3.73. The van der Waals surface area contributed by atoms with E-state index in [-0.39, 0.29) is 16.8 Å². The molecule has 1 aromatic rings. The minimum Gasteiger partial charge on any atom is -0.598 e. The van der Waals surface area contributed by atoms with E-state index in [4.69, 9.17) is 0 Å². The lowest BCUT2D eigenvalue weighted by atomic mass is 9.58. The van der Waals surface area contributed by atoms with Crippen molar-refractivity contribution in [2.45, 2.75) is 50.8 Å². The van der Waals surface area contributed by atoms with Crippen LogP contribution in [0.4, 0.5) is 0 Å². The van der Waals surface area contributed by atoms with Gasteiger partial charge in [-0.05, 0) is 55.0 Å². The van der Waals surface area contributed by atoms with Crippen molar-refractivity contribution in [1.82, 2.24) is 14.7 Å². The molecule has 0 spiro atoms. The number of aliphatic hydroxyl groups excluding tert-OH is 1. The van der Waals surface area contributed by atoms with Gasteiger partial charge < -0.3 is 9.66 Å². The van der Waals surface area contributed by atoms with E-state index in [1.165, 1.54) is 0 Å². The number of hydrogen-bond donors (Lipinski definition) is 2. The van der Waals surface area contributed by atoms with Gasteiger partial charge in [0.15, 0.2) is 5.82 Å². The van der Waals surface area contributed by atoms with Crippen molar-refractivity contribution in [3.63, 3.8) is 0 Å². The smallest absolute Gasteiger partial charge is 0.152 e. The molecule has 7 heteroatoms. The number of hydrogen-bond acceptors (Lipinski definition) is 5. The molecule has 5 nitrogen and oxygen atoms in total. The molecule has 1 unspecified atom stereocenters. The van der Waals surface area contributed by atoms with Gasteiger partial charge in [-0.3, -0.25) is 0 Å². The topological polar surface area (TPSA) is 81.1 Å². The SMILES string of the molecule is CC(C)(C)[S+]([O-])N[C@]1(c2ncc(Br)cn2)C[C@](C)(CO)C1. The molecule has 1 aliphatic rings. The van der Waals surface area contributed by atoms with Gasteiger partial charge in [0.2, 0.25) is 0 Å². The summed E-state index contributed by atoms with van der Waals surface area (Å²) in [6, 6.07) is 0. The fourth-order valence-corrected chi connectivity index (χ4v) is 3.78. The molecule has 0 saturated heterocycles. The van der Waals surface area contributed by atoms with E-state index in [0.29, 0.717) is 18.7 Å². The summed E-state index contributed by atoms with van der Waals surface area (Å²) < 4.78 is 16.1. The molecule has 0 amide bonds. The monoisotopic (exact) mass is 375 g/mol. The van der Waals surface area contributed by atoms with E-state index in [1.807, 2.05) is 27.7 Å². The zero-order valence-electron chi connectivity index (χ0n) is 12.8. The first-order valence-corrected chi connectivity index (χ1v) is 8.83. The molecule has 1 aromatic heterocycles. The number of rotatable bonds is 4. The Morgan fingerprint density at radius 3 is 2.33 bits per heavy atom. The normalized spacial score (nSPS) is 30.8. The Kier molecular flexibility index (Phi) is 4.71. The Labute approximate surface area is 137 Å². The molecule has 1 aliphatic carbocycles. The summed E-state index contributed by atoms with van der Waals surface area (Å²) in [4.78, 5) is 8.74. The van der Waals surface area contributed by atoms with E-state index >= 15 is 0 Å². The van der Waals surface area contributed by atoms with Crippen LogP contribution in [0.25, 0.3) is 0 Å². The van der Waals surface area contributed by atoms with Gasteiger partial charge in [-0.2, -0.15) is 0 Å². The molecule has 1 heterocycles. The average Bonchev–Trinajstić information content (AvgIpc) is 2.36. The molecular weight excluding hydrogens is 354 g/mol. The predicted octanol–water partition coefficient (Wildman–Crippen LogP) is 2.28. The standard InChI is InChI=1S/C14H22BrN3O2S/c1-12(2,3)21(20)18-14(7-13(4,8-14)9-19)11-16-5-10(15)6-17-11/h5-6,18-19H,7-9H2,1-4H3/t13-,14+,21?. The van der Waals surface area contributed by atoms with E-state index in [2.05, 4.69) is 30.6 Å². The van der Waals surface area contributed by atoms with Gasteiger partial charge in [-0.25, -0.2) is 9.97 Å². The third kappa shape index (κ3) is 3.59. The second kappa shape index (κ2) is 5.77. The van der Waals surface area contributed by atoms with Gasteiger partial charge in [0.25, 0.3) is 0 Å². The van der Waals surface area contributed by atoms with Crippen LogP contribution in [0.1, 0.15) is 46.4 Å². The molecule has 1 atom stereocenters. The van der Waals surface area contributed by atoms with Gasteiger partial charge >= 0.3 is 0 Å². The fraction of sp³-hybridized carbons (Fsp3) is 0.714. The molecule has 0 aliphatic heterocycles. The predicted molar refractivity (Wildman–Crippen MR) is 86.9 cm³/mol. The molecule has 0 bridgehead atoms. The first-order valence-electron chi connectivity index (χ1n) is 6.89. The molecule has 1 saturated carbocycles. The number of nitrogens with zero attached hydrogens (tertiary/aromatic N) is 2. The second-order valence-corrected chi connectivity index (χ2v) is 9.99. The summed E-state index contributed by atoms with van der Waals surface area (Å²) in [7, 11) is 0. The van der Waals surface area contributed by atoms with Gasteiger partial charge in [-0.15, -0.1) is 4.72 Å². The maximum absolute atomic E-state index is 12.5. The maximum atomic E-state index is 12.5. The van der Waals surface area contributed by atoms with Crippen LogP contribution < -0.4 is 4.72 Å². The van der Waals surface area contributed by atoms with Crippen molar-refractivity contribution in [2.75, 3.05) is 6.61 Å². The molecule has 0 radical (unpaired) electrons. The van der Waals surface area contributed by atoms with Crippen LogP contribution in [0.2, 0.25) is 0 Å². The highest BCUT2D eigenvalue weighted by atomic mass is 79.9. The molecule has 0 aromatic carbocycles. The largest absolute Gasteiger partial charge is 0.598 e. The number of aromatic nitrogens is 2. The quantitative estimate of drug-likeness (QED) is 0.788. The summed E-state index contributed by atoms with van der Waals surface area (Å²) >= 11 is 2.11. The summed E-state index contributed by atoms with van der Waals surface area (Å²) in [5.41, 5.74) is -0.707. The number of nitrogens with one attached hydrogen (secondary N) is 1. The lowest BCUT2D eigenvalue weighted by Crippen LogP contribution is -2.62. The summed E-state index contributed by atoms with van der Waals surface area (Å²) in [5.74, 6) is 0.634. The van der Waals surface area contributed by atoms with Crippen molar-refractivity contribution in [2.24, 2.45) is 5.41 Å². The van der Waals surface area contributed by atoms with Gasteiger partial charge in [-0.1, -0.05) is 6.92 Å². The van der Waals surface area contributed by atoms with Crippen LogP contribution >= 0.6 is 15.9 Å². The van der Waals surface area contributed by atoms with Crippen LogP contribution in [0.15, 0.2) is 16.9 Å². The van der Waals surface area contributed by atoms with Crippen molar-refractivity contribution in [3.05, 3.63) is 22.7 Å². The second-order valence-electron chi connectivity index (χ2n) is 7.11. The van der Waals surface area contributed by atoms with Crippen LogP contribution in [0.5, 0.6) is 0 Å². The first-order chi connectivity index (χ1) is 9.60. The van der Waals surface area contributed by atoms with Crippen molar-refractivity contribution >= 4 is 27.3 Å². The van der Waals surface area contributed by atoms with E-state index in [9.17, 15) is 9.66 Å². The zero-order valence-corrected chi connectivity index (χ0v) is 15.2. The Hall–Kier alpha value is -0.210. The fourth-order valence-electron chi connectivity index (χ4n) is 2.68. The first kappa shape index (κ1) is 17.1. The summed E-state index contributed by atoms with van der Waals surface area (Å²) in [6.45, 7) is 7.91. The highest BCUT2D eigenvalue weighted by Crippen LogP contribution is 2.53. The summed E-state index contributed by atoms with van der Waals surface area (Å²) in [6.07, 6.45) is 4.72. The van der Waals surface area contributed by atoms with Crippen molar-refractivity contribution < 1.29 is 9.66 Å². The Morgan fingerprint density at radius 1 is 1.38 bits per heavy atom. The molecule has 2 N–H and O–H groups in total. The third-order valence-corrected chi connectivity index (χ3v) is 5.83. The van der Waals surface area contributed by atoms with Gasteiger partial charge in [0.05, 0.1) is 4.47 Å². The van der Waals surface area contributed by atoms with Crippen LogP contribution in [-0.4, -0.2) is 31.0 Å². The molecule has 2 rings (SSSR count). The van der Waals surface area contributed by atoms with Crippen LogP contribution in [0, 0.1) is 5.41 Å². The molecule has 1 fully saturated rings. The van der Waals surface area contributed by atoms with Crippen LogP contribution in [-0.2, 0) is 16.9 Å². The van der Waals surface area contributed by atoms with E-state index in [1.54, 1.807) is 12.4 Å². The lowest BCUT2D eigenvalue weighted by Gasteiger charge is -2.52. The number of halogens is 1. The minimum absolute atomic E-state index is 0.106. The Balaban J connectivity index is 2.27. The Morgan fingerprint density at radius 2 is 1.90 bits per heavy atom. The number of aliphatic hydroxyl groups is 1. The van der Waals surface area contributed by atoms with Crippen molar-refractivity contribution in [3.8, 4) is 0 Å². The summed E-state index contributed by atoms with van der Waals surface area (Å²) in [5, 5.41) is 9.51. The van der Waals surface area contributed by atoms with E-state index in [0.717, 1.165) is 4.47 Å². The average molecular weight is 376 g/mol. The van der Waals surface area contributed by atoms with E-state index < -0.39 is 16.9 Å². The molecule has 118 valence electrons. The molecule has 21 heavy (non-hydrogen) atoms. The van der Waals surface area contributed by atoms with Gasteiger partial charge in [0, 0.05) is 30.4 Å². The Bertz CT molecular complexity index is 498. The van der Waals surface area contributed by atoms with Crippen molar-refractivity contribution in [1.29, 1.82) is 0 Å². The molecular formula is C14H22BrN3O2S. The van der Waals surface area contributed by atoms with Gasteiger partial charge in [0.1, 0.15) is 10.3 Å². The minimum atomic E-state index is -1.22. The highest BCUT2D eigenvalue weighted by molar-refractivity contribution is 9.10.